The van der Waals surface area contributed by atoms with E-state index in [2.05, 4.69) is 11.1 Å². The van der Waals surface area contributed by atoms with Gasteiger partial charge >= 0.3 is 0 Å². The van der Waals surface area contributed by atoms with Crippen LogP contribution in [0.3, 0.4) is 0 Å². The van der Waals surface area contributed by atoms with E-state index >= 15 is 0 Å². The Bertz CT molecular complexity index is 1010. The number of carboxylic acid groups (broad SMARTS) is 1. The Morgan fingerprint density at radius 3 is 2.59 bits per heavy atom. The van der Waals surface area contributed by atoms with Crippen LogP contribution < -0.4 is 5.73 Å². The molecule has 8 nitrogen and oxygen atoms in total. The summed E-state index contributed by atoms with van der Waals surface area (Å²) in [6.45, 7) is 4.88. The molecule has 2 aromatic carbocycles. The summed E-state index contributed by atoms with van der Waals surface area (Å²) in [5.41, 5.74) is 8.78. The molecule has 32 heavy (non-hydrogen) atoms. The van der Waals surface area contributed by atoms with Crippen molar-refractivity contribution in [3.8, 4) is 11.1 Å². The summed E-state index contributed by atoms with van der Waals surface area (Å²) in [6, 6.07) is 13.5. The molecule has 1 fully saturated rings. The van der Waals surface area contributed by atoms with Crippen molar-refractivity contribution in [3.63, 3.8) is 0 Å². The second-order valence-corrected chi connectivity index (χ2v) is 8.13. The molecule has 0 bridgehead atoms. The SMILES string of the molecule is CC1(c2cccc(-c3cc(Cl)cc(C(=O)N4CCOCC4)c3)c2)COCC(N)=N1.O=CO. The van der Waals surface area contributed by atoms with Gasteiger partial charge in [-0.3, -0.25) is 14.6 Å². The van der Waals surface area contributed by atoms with Gasteiger partial charge in [-0.2, -0.15) is 0 Å². The standard InChI is InChI=1S/C22H24ClN3O3.CH2O2/c1-22(14-29-13-20(24)25-22)18-4-2-3-15(10-18)16-9-17(12-19(23)11-16)21(27)26-5-7-28-8-6-26;2-1-3/h2-4,9-12H,5-8,13-14H2,1H3,(H2,24,25);1H,(H,2,3). The van der Waals surface area contributed by atoms with E-state index in [1.165, 1.54) is 0 Å². The Kier molecular flexibility index (Phi) is 7.84. The van der Waals surface area contributed by atoms with Crippen LogP contribution in [0.1, 0.15) is 22.8 Å². The van der Waals surface area contributed by atoms with Crippen molar-refractivity contribution in [1.29, 1.82) is 0 Å². The molecule has 2 heterocycles. The highest BCUT2D eigenvalue weighted by molar-refractivity contribution is 6.31. The van der Waals surface area contributed by atoms with Crippen LogP contribution in [0.4, 0.5) is 0 Å². The molecule has 1 unspecified atom stereocenters. The number of rotatable bonds is 3. The van der Waals surface area contributed by atoms with Gasteiger partial charge in [-0.15, -0.1) is 0 Å². The largest absolute Gasteiger partial charge is 0.483 e. The van der Waals surface area contributed by atoms with Crippen LogP contribution in [0.2, 0.25) is 5.02 Å². The van der Waals surface area contributed by atoms with Crippen LogP contribution in [0, 0.1) is 0 Å². The minimum Gasteiger partial charge on any atom is -0.483 e. The number of hydrogen-bond donors (Lipinski definition) is 2. The zero-order chi connectivity index (χ0) is 23.1. The Hall–Kier alpha value is -2.94. The van der Waals surface area contributed by atoms with E-state index in [0.29, 0.717) is 55.9 Å². The minimum atomic E-state index is -0.538. The molecule has 9 heteroatoms. The van der Waals surface area contributed by atoms with Crippen molar-refractivity contribution >= 4 is 29.8 Å². The fraction of sp³-hybridized carbons (Fsp3) is 0.348. The smallest absolute Gasteiger partial charge is 0.290 e. The first-order chi connectivity index (χ1) is 15.4. The molecule has 3 N–H and O–H groups in total. The van der Waals surface area contributed by atoms with Crippen molar-refractivity contribution in [2.45, 2.75) is 12.5 Å². The fourth-order valence-corrected chi connectivity index (χ4v) is 3.98. The highest BCUT2D eigenvalue weighted by Crippen LogP contribution is 2.32. The first-order valence-electron chi connectivity index (χ1n) is 10.1. The van der Waals surface area contributed by atoms with E-state index in [1.807, 2.05) is 37.3 Å². The average molecular weight is 460 g/mol. The molecular formula is C23H26ClN3O5. The number of carbonyl (C=O) groups excluding carboxylic acids is 1. The van der Waals surface area contributed by atoms with Gasteiger partial charge in [-0.1, -0.05) is 29.8 Å². The van der Waals surface area contributed by atoms with E-state index in [1.54, 1.807) is 11.0 Å². The number of amidine groups is 1. The monoisotopic (exact) mass is 459 g/mol. The maximum atomic E-state index is 12.9. The zero-order valence-electron chi connectivity index (χ0n) is 17.8. The summed E-state index contributed by atoms with van der Waals surface area (Å²) in [4.78, 5) is 27.7. The van der Waals surface area contributed by atoms with Crippen molar-refractivity contribution in [3.05, 3.63) is 58.6 Å². The lowest BCUT2D eigenvalue weighted by molar-refractivity contribution is -0.122. The van der Waals surface area contributed by atoms with Gasteiger partial charge in [0.2, 0.25) is 0 Å². The number of morpholine rings is 1. The number of amides is 1. The van der Waals surface area contributed by atoms with Gasteiger partial charge in [0.05, 0.1) is 19.8 Å². The molecule has 2 aliphatic rings. The maximum absolute atomic E-state index is 12.9. The van der Waals surface area contributed by atoms with Crippen LogP contribution >= 0.6 is 11.6 Å². The molecule has 0 aliphatic carbocycles. The van der Waals surface area contributed by atoms with E-state index in [-0.39, 0.29) is 12.4 Å². The van der Waals surface area contributed by atoms with Gasteiger partial charge < -0.3 is 25.2 Å². The Labute approximate surface area is 191 Å². The zero-order valence-corrected chi connectivity index (χ0v) is 18.5. The molecule has 0 radical (unpaired) electrons. The normalized spacial score (nSPS) is 20.6. The maximum Gasteiger partial charge on any atom is 0.290 e. The molecule has 0 spiro atoms. The summed E-state index contributed by atoms with van der Waals surface area (Å²) in [5.74, 6) is 0.462. The Balaban J connectivity index is 0.000000913. The van der Waals surface area contributed by atoms with E-state index < -0.39 is 5.54 Å². The molecule has 1 amide bonds. The van der Waals surface area contributed by atoms with E-state index in [9.17, 15) is 4.79 Å². The second-order valence-electron chi connectivity index (χ2n) is 7.69. The van der Waals surface area contributed by atoms with Gasteiger partial charge in [0.1, 0.15) is 18.0 Å². The second kappa shape index (κ2) is 10.6. The highest BCUT2D eigenvalue weighted by atomic mass is 35.5. The first-order valence-corrected chi connectivity index (χ1v) is 10.5. The predicted molar refractivity (Wildman–Crippen MR) is 122 cm³/mol. The molecule has 1 saturated heterocycles. The number of halogens is 1. The number of nitrogens with two attached hydrogens (primary N) is 1. The molecule has 2 aromatic rings. The van der Waals surface area contributed by atoms with E-state index in [4.69, 9.17) is 36.7 Å². The topological polar surface area (TPSA) is 114 Å². The molecule has 4 rings (SSSR count). The lowest BCUT2D eigenvalue weighted by Crippen LogP contribution is -2.40. The van der Waals surface area contributed by atoms with Crippen molar-refractivity contribution in [2.75, 3.05) is 39.5 Å². The van der Waals surface area contributed by atoms with E-state index in [0.717, 1.165) is 16.7 Å². The number of nitrogens with zero attached hydrogens (tertiary/aromatic N) is 2. The third-order valence-electron chi connectivity index (χ3n) is 5.28. The van der Waals surface area contributed by atoms with Crippen LogP contribution in [0.5, 0.6) is 0 Å². The van der Waals surface area contributed by atoms with Gasteiger partial charge in [0, 0.05) is 23.7 Å². The summed E-state index contributed by atoms with van der Waals surface area (Å²) < 4.78 is 10.9. The van der Waals surface area contributed by atoms with Crippen molar-refractivity contribution < 1.29 is 24.2 Å². The minimum absolute atomic E-state index is 0.0294. The molecule has 2 aliphatic heterocycles. The number of ether oxygens (including phenoxy) is 2. The molecule has 1 atom stereocenters. The average Bonchev–Trinajstić information content (AvgIpc) is 2.79. The number of carbonyl (C=O) groups is 2. The van der Waals surface area contributed by atoms with Crippen LogP contribution in [-0.4, -0.2) is 67.7 Å². The van der Waals surface area contributed by atoms with Crippen LogP contribution in [0.15, 0.2) is 47.5 Å². The van der Waals surface area contributed by atoms with Crippen LogP contribution in [-0.2, 0) is 19.8 Å². The molecular weight excluding hydrogens is 434 g/mol. The molecule has 0 aromatic heterocycles. The summed E-state index contributed by atoms with van der Waals surface area (Å²) in [5, 5.41) is 7.42. The van der Waals surface area contributed by atoms with Crippen LogP contribution in [0.25, 0.3) is 11.1 Å². The third kappa shape index (κ3) is 5.64. The fourth-order valence-electron chi connectivity index (χ4n) is 3.75. The summed E-state index contributed by atoms with van der Waals surface area (Å²) in [7, 11) is 0. The number of aliphatic imine (C=N–C) groups is 1. The number of hydrogen-bond acceptors (Lipinski definition) is 6. The quantitative estimate of drug-likeness (QED) is 0.682. The van der Waals surface area contributed by atoms with Crippen molar-refractivity contribution in [2.24, 2.45) is 10.7 Å². The molecule has 0 saturated carbocycles. The Morgan fingerprint density at radius 2 is 1.91 bits per heavy atom. The van der Waals surface area contributed by atoms with Gasteiger partial charge in [0.25, 0.3) is 12.4 Å². The third-order valence-corrected chi connectivity index (χ3v) is 5.50. The van der Waals surface area contributed by atoms with Gasteiger partial charge in [-0.05, 0) is 47.9 Å². The number of benzene rings is 2. The Morgan fingerprint density at radius 1 is 1.19 bits per heavy atom. The van der Waals surface area contributed by atoms with Crippen molar-refractivity contribution in [1.82, 2.24) is 4.90 Å². The first kappa shape index (κ1) is 23.7. The van der Waals surface area contributed by atoms with Gasteiger partial charge in [-0.25, -0.2) is 0 Å². The summed E-state index contributed by atoms with van der Waals surface area (Å²) in [6.07, 6.45) is 0. The highest BCUT2D eigenvalue weighted by Gasteiger charge is 2.30. The lowest BCUT2D eigenvalue weighted by atomic mass is 9.90. The molecule has 170 valence electrons. The predicted octanol–water partition coefficient (Wildman–Crippen LogP) is 2.78. The lowest BCUT2D eigenvalue weighted by Gasteiger charge is -2.30. The van der Waals surface area contributed by atoms with Gasteiger partial charge in [0.15, 0.2) is 0 Å². The summed E-state index contributed by atoms with van der Waals surface area (Å²) >= 11 is 6.36.